The van der Waals surface area contributed by atoms with Gasteiger partial charge in [-0.3, -0.25) is 9.79 Å². The van der Waals surface area contributed by atoms with E-state index >= 15 is 0 Å². The second-order valence-electron chi connectivity index (χ2n) is 6.71. The minimum atomic E-state index is -4.41. The number of hydrogen-bond donors (Lipinski definition) is 2. The number of ether oxygens (including phenoxy) is 1. The number of benzene rings is 1. The van der Waals surface area contributed by atoms with Crippen molar-refractivity contribution in [3.8, 4) is 0 Å². The first-order valence-corrected chi connectivity index (χ1v) is 9.95. The van der Waals surface area contributed by atoms with Crippen molar-refractivity contribution in [3.05, 3.63) is 35.4 Å². The van der Waals surface area contributed by atoms with E-state index in [2.05, 4.69) is 20.5 Å². The standard InChI is InChI=1S/C20H29F3N4O2.HI/c1-3-24-19(27-13-9-17(10-14-27)29-4-2)26-12-11-25-18(28)15-5-7-16(8-6-15)20(21,22)23;/h5-8,17H,3-4,9-14H2,1-2H3,(H,24,26)(H,25,28);1H. The van der Waals surface area contributed by atoms with E-state index in [0.29, 0.717) is 19.2 Å². The van der Waals surface area contributed by atoms with Gasteiger partial charge in [-0.2, -0.15) is 13.2 Å². The van der Waals surface area contributed by atoms with Crippen molar-refractivity contribution in [3.63, 3.8) is 0 Å². The van der Waals surface area contributed by atoms with Gasteiger partial charge < -0.3 is 20.3 Å². The van der Waals surface area contributed by atoms with Crippen LogP contribution in [0, 0.1) is 0 Å². The third kappa shape index (κ3) is 8.29. The van der Waals surface area contributed by atoms with Crippen LogP contribution in [0.4, 0.5) is 13.2 Å². The molecule has 30 heavy (non-hydrogen) atoms. The highest BCUT2D eigenvalue weighted by atomic mass is 127. The van der Waals surface area contributed by atoms with E-state index < -0.39 is 17.6 Å². The molecule has 0 spiro atoms. The van der Waals surface area contributed by atoms with Gasteiger partial charge in [-0.25, -0.2) is 0 Å². The molecule has 0 bridgehead atoms. The minimum Gasteiger partial charge on any atom is -0.378 e. The number of aliphatic imine (C=N–C) groups is 1. The van der Waals surface area contributed by atoms with Gasteiger partial charge in [0, 0.05) is 38.3 Å². The van der Waals surface area contributed by atoms with Crippen molar-refractivity contribution in [2.24, 2.45) is 4.99 Å². The Kier molecular flexibility index (Phi) is 11.5. The maximum absolute atomic E-state index is 12.6. The molecule has 0 unspecified atom stereocenters. The SMILES string of the molecule is CCNC(=NCCNC(=O)c1ccc(C(F)(F)F)cc1)N1CCC(OCC)CC1.I. The number of guanidine groups is 1. The van der Waals surface area contributed by atoms with Gasteiger partial charge in [0.2, 0.25) is 0 Å². The van der Waals surface area contributed by atoms with Gasteiger partial charge >= 0.3 is 6.18 Å². The molecule has 6 nitrogen and oxygen atoms in total. The molecule has 1 fully saturated rings. The molecular formula is C20H30F3IN4O2. The molecule has 0 aromatic heterocycles. The van der Waals surface area contributed by atoms with E-state index in [1.165, 1.54) is 12.1 Å². The molecule has 1 aromatic rings. The molecular weight excluding hydrogens is 512 g/mol. The van der Waals surface area contributed by atoms with Crippen LogP contribution in [0.15, 0.2) is 29.3 Å². The molecule has 2 N–H and O–H groups in total. The number of piperidine rings is 1. The van der Waals surface area contributed by atoms with Crippen LogP contribution in [-0.2, 0) is 10.9 Å². The number of carbonyl (C=O) groups excluding carboxylic acids is 1. The first kappa shape index (κ1) is 26.5. The average Bonchev–Trinajstić information content (AvgIpc) is 2.70. The summed E-state index contributed by atoms with van der Waals surface area (Å²) in [4.78, 5) is 18.8. The predicted octanol–water partition coefficient (Wildman–Crippen LogP) is 3.52. The Morgan fingerprint density at radius 1 is 1.17 bits per heavy atom. The molecule has 1 heterocycles. The lowest BCUT2D eigenvalue weighted by Gasteiger charge is -2.34. The van der Waals surface area contributed by atoms with Crippen LogP contribution in [-0.4, -0.2) is 62.2 Å². The van der Waals surface area contributed by atoms with E-state index in [-0.39, 0.29) is 29.5 Å². The summed E-state index contributed by atoms with van der Waals surface area (Å²) >= 11 is 0. The number of halogens is 4. The second kappa shape index (κ2) is 13.0. The number of amides is 1. The smallest absolute Gasteiger partial charge is 0.378 e. The fourth-order valence-corrected chi connectivity index (χ4v) is 3.14. The molecule has 10 heteroatoms. The molecule has 1 aliphatic heterocycles. The summed E-state index contributed by atoms with van der Waals surface area (Å²) in [6.45, 7) is 7.83. The summed E-state index contributed by atoms with van der Waals surface area (Å²) < 4.78 is 43.4. The Labute approximate surface area is 192 Å². The van der Waals surface area contributed by atoms with Crippen LogP contribution in [0.2, 0.25) is 0 Å². The highest BCUT2D eigenvalue weighted by molar-refractivity contribution is 14.0. The maximum Gasteiger partial charge on any atom is 0.416 e. The van der Waals surface area contributed by atoms with Crippen LogP contribution in [0.1, 0.15) is 42.6 Å². The number of carbonyl (C=O) groups is 1. The highest BCUT2D eigenvalue weighted by Crippen LogP contribution is 2.29. The van der Waals surface area contributed by atoms with Crippen molar-refractivity contribution in [2.45, 2.75) is 39.0 Å². The predicted molar refractivity (Wildman–Crippen MR) is 121 cm³/mol. The number of rotatable bonds is 7. The van der Waals surface area contributed by atoms with Gasteiger partial charge in [-0.15, -0.1) is 24.0 Å². The molecule has 1 saturated heterocycles. The summed E-state index contributed by atoms with van der Waals surface area (Å²) in [7, 11) is 0. The summed E-state index contributed by atoms with van der Waals surface area (Å²) in [6, 6.07) is 4.16. The summed E-state index contributed by atoms with van der Waals surface area (Å²) in [5, 5.41) is 5.94. The van der Waals surface area contributed by atoms with Gasteiger partial charge in [0.1, 0.15) is 0 Å². The largest absolute Gasteiger partial charge is 0.416 e. The van der Waals surface area contributed by atoms with E-state index in [1.807, 2.05) is 13.8 Å². The molecule has 1 aliphatic rings. The van der Waals surface area contributed by atoms with E-state index in [1.54, 1.807) is 0 Å². The lowest BCUT2D eigenvalue weighted by Crippen LogP contribution is -2.47. The summed E-state index contributed by atoms with van der Waals surface area (Å²) in [5.41, 5.74) is -0.589. The maximum atomic E-state index is 12.6. The fourth-order valence-electron chi connectivity index (χ4n) is 3.14. The lowest BCUT2D eigenvalue weighted by atomic mass is 10.1. The van der Waals surface area contributed by atoms with Gasteiger partial charge in [0.15, 0.2) is 5.96 Å². The third-order valence-electron chi connectivity index (χ3n) is 4.61. The first-order valence-electron chi connectivity index (χ1n) is 9.95. The number of nitrogens with zero attached hydrogens (tertiary/aromatic N) is 2. The Hall–Kier alpha value is -1.56. The van der Waals surface area contributed by atoms with Crippen LogP contribution < -0.4 is 10.6 Å². The van der Waals surface area contributed by atoms with Crippen molar-refractivity contribution in [2.75, 3.05) is 39.3 Å². The molecule has 1 amide bonds. The lowest BCUT2D eigenvalue weighted by molar-refractivity contribution is -0.137. The van der Waals surface area contributed by atoms with Crippen molar-refractivity contribution in [1.29, 1.82) is 0 Å². The Balaban J connectivity index is 0.00000450. The molecule has 1 aromatic carbocycles. The van der Waals surface area contributed by atoms with E-state index in [9.17, 15) is 18.0 Å². The van der Waals surface area contributed by atoms with Crippen LogP contribution in [0.5, 0.6) is 0 Å². The van der Waals surface area contributed by atoms with E-state index in [0.717, 1.165) is 57.2 Å². The summed E-state index contributed by atoms with van der Waals surface area (Å²) in [5.74, 6) is 0.377. The fraction of sp³-hybridized carbons (Fsp3) is 0.600. The van der Waals surface area contributed by atoms with Crippen molar-refractivity contribution < 1.29 is 22.7 Å². The number of alkyl halides is 3. The Morgan fingerprint density at radius 3 is 2.33 bits per heavy atom. The van der Waals surface area contributed by atoms with E-state index in [4.69, 9.17) is 4.74 Å². The first-order chi connectivity index (χ1) is 13.8. The highest BCUT2D eigenvalue weighted by Gasteiger charge is 2.30. The van der Waals surface area contributed by atoms with Gasteiger partial charge in [-0.05, 0) is 51.0 Å². The normalized spacial score (nSPS) is 15.5. The monoisotopic (exact) mass is 542 g/mol. The van der Waals surface area contributed by atoms with Crippen LogP contribution in [0.25, 0.3) is 0 Å². The quantitative estimate of drug-likeness (QED) is 0.240. The molecule has 0 aliphatic carbocycles. The molecule has 0 saturated carbocycles. The van der Waals surface area contributed by atoms with Crippen molar-refractivity contribution in [1.82, 2.24) is 15.5 Å². The Morgan fingerprint density at radius 2 is 1.80 bits per heavy atom. The number of likely N-dealkylation sites (tertiary alicyclic amines) is 1. The van der Waals surface area contributed by atoms with Crippen LogP contribution in [0.3, 0.4) is 0 Å². The minimum absolute atomic E-state index is 0. The van der Waals surface area contributed by atoms with Crippen molar-refractivity contribution >= 4 is 35.8 Å². The number of nitrogens with one attached hydrogen (secondary N) is 2. The van der Waals surface area contributed by atoms with Gasteiger partial charge in [0.05, 0.1) is 18.2 Å². The zero-order valence-corrected chi connectivity index (χ0v) is 19.6. The van der Waals surface area contributed by atoms with Crippen LogP contribution >= 0.6 is 24.0 Å². The van der Waals surface area contributed by atoms with Gasteiger partial charge in [0.25, 0.3) is 5.91 Å². The second-order valence-corrected chi connectivity index (χ2v) is 6.71. The molecule has 0 atom stereocenters. The summed E-state index contributed by atoms with van der Waals surface area (Å²) in [6.07, 6.45) is -2.22. The molecule has 2 rings (SSSR count). The number of hydrogen-bond acceptors (Lipinski definition) is 3. The zero-order valence-electron chi connectivity index (χ0n) is 17.3. The average molecular weight is 542 g/mol. The topological polar surface area (TPSA) is 66.0 Å². The third-order valence-corrected chi connectivity index (χ3v) is 4.61. The van der Waals surface area contributed by atoms with Gasteiger partial charge in [-0.1, -0.05) is 0 Å². The molecule has 170 valence electrons. The molecule has 0 radical (unpaired) electrons. The zero-order chi connectivity index (χ0) is 21.3. The Bertz CT molecular complexity index is 676.